The third kappa shape index (κ3) is 4.72. The van der Waals surface area contributed by atoms with E-state index in [1.54, 1.807) is 52.0 Å². The maximum Gasteiger partial charge on any atom is 2.00 e. The summed E-state index contributed by atoms with van der Waals surface area (Å²) >= 11 is 0. The van der Waals surface area contributed by atoms with E-state index in [1.807, 2.05) is 0 Å². The van der Waals surface area contributed by atoms with Crippen molar-refractivity contribution in [3.63, 3.8) is 0 Å². The van der Waals surface area contributed by atoms with E-state index >= 15 is 0 Å². The van der Waals surface area contributed by atoms with Gasteiger partial charge >= 0.3 is 23.1 Å². The zero-order chi connectivity index (χ0) is 15.4. The van der Waals surface area contributed by atoms with Crippen LogP contribution in [0.4, 0.5) is 0 Å². The van der Waals surface area contributed by atoms with Gasteiger partial charge in [0.25, 0.3) is 0 Å². The van der Waals surface area contributed by atoms with Crippen LogP contribution in [-0.4, -0.2) is 43.5 Å². The van der Waals surface area contributed by atoms with Crippen molar-refractivity contribution >= 4 is 23.1 Å². The molecule has 0 radical (unpaired) electrons. The largest absolute Gasteiger partial charge is 2.00 e. The zero-order valence-electron chi connectivity index (χ0n) is 14.8. The minimum absolute atomic E-state index is 0. The van der Waals surface area contributed by atoms with Gasteiger partial charge in [-0.1, -0.05) is 12.1 Å². The minimum Gasteiger partial charge on any atom is -1.00 e. The molecule has 2 aromatic rings. The van der Waals surface area contributed by atoms with Crippen LogP contribution in [0.2, 0.25) is 0 Å². The van der Waals surface area contributed by atoms with Crippen molar-refractivity contribution in [3.8, 4) is 23.0 Å². The maximum absolute atomic E-state index is 9.23. The van der Waals surface area contributed by atoms with Crippen LogP contribution in [-0.2, 0) is 0 Å². The molecule has 0 saturated heterocycles. The van der Waals surface area contributed by atoms with E-state index in [4.69, 9.17) is 10.2 Å². The maximum atomic E-state index is 9.23. The number of benzene rings is 2. The molecular formula is C16H22MgO4. The molecule has 0 amide bonds. The molecular weight excluding hydrogens is 280 g/mol. The molecule has 21 heavy (non-hydrogen) atoms. The molecule has 2 rings (SSSR count). The van der Waals surface area contributed by atoms with Crippen molar-refractivity contribution in [2.45, 2.75) is 27.7 Å². The van der Waals surface area contributed by atoms with Crippen LogP contribution in [0.1, 0.15) is 25.1 Å². The molecule has 0 saturated carbocycles. The molecule has 0 bridgehead atoms. The van der Waals surface area contributed by atoms with Gasteiger partial charge in [-0.3, -0.25) is 0 Å². The summed E-state index contributed by atoms with van der Waals surface area (Å²) in [6.45, 7) is 6.94. The number of aryl methyl sites for hydroxylation is 2. The smallest absolute Gasteiger partial charge is 1.00 e. The summed E-state index contributed by atoms with van der Waals surface area (Å²) in [6, 6.07) is 6.50. The first kappa shape index (κ1) is 19.4. The Balaban J connectivity index is -0.000000308. The Kier molecular flexibility index (Phi) is 7.39. The SMILES string of the molecule is Cc1ccc(O)c(C)c1O.Cc1ccc(O)c(C)c1O.[H-].[H-].[Mg+2]. The van der Waals surface area contributed by atoms with Gasteiger partial charge in [0, 0.05) is 11.1 Å². The zero-order valence-corrected chi connectivity index (χ0v) is 14.2. The van der Waals surface area contributed by atoms with E-state index in [0.717, 1.165) is 11.1 Å². The van der Waals surface area contributed by atoms with Gasteiger partial charge in [0.2, 0.25) is 0 Å². The number of phenolic OH excluding ortho intramolecular Hbond substituents is 4. The summed E-state index contributed by atoms with van der Waals surface area (Å²) in [5, 5.41) is 36.6. The summed E-state index contributed by atoms with van der Waals surface area (Å²) in [5.74, 6) is 0.645. The van der Waals surface area contributed by atoms with E-state index in [0.29, 0.717) is 11.1 Å². The molecule has 0 heterocycles. The topological polar surface area (TPSA) is 80.9 Å². The summed E-state index contributed by atoms with van der Waals surface area (Å²) in [7, 11) is 0. The average Bonchev–Trinajstić information content (AvgIpc) is 2.43. The van der Waals surface area contributed by atoms with Crippen LogP contribution in [0.25, 0.3) is 0 Å². The summed E-state index contributed by atoms with van der Waals surface area (Å²) in [6.07, 6.45) is 0. The number of phenols is 4. The molecule has 0 unspecified atom stereocenters. The summed E-state index contributed by atoms with van der Waals surface area (Å²) in [4.78, 5) is 0. The van der Waals surface area contributed by atoms with E-state index in [2.05, 4.69) is 0 Å². The van der Waals surface area contributed by atoms with Crippen molar-refractivity contribution in [1.82, 2.24) is 0 Å². The van der Waals surface area contributed by atoms with E-state index in [9.17, 15) is 10.2 Å². The van der Waals surface area contributed by atoms with E-state index < -0.39 is 0 Å². The fourth-order valence-electron chi connectivity index (χ4n) is 1.65. The van der Waals surface area contributed by atoms with Crippen molar-refractivity contribution in [3.05, 3.63) is 46.5 Å². The number of rotatable bonds is 0. The third-order valence-electron chi connectivity index (χ3n) is 3.21. The van der Waals surface area contributed by atoms with Gasteiger partial charge in [-0.2, -0.15) is 0 Å². The Hall–Kier alpha value is -1.59. The van der Waals surface area contributed by atoms with Crippen molar-refractivity contribution in [1.29, 1.82) is 0 Å². The van der Waals surface area contributed by atoms with Crippen LogP contribution < -0.4 is 0 Å². The number of aromatic hydroxyl groups is 4. The molecule has 0 aliphatic carbocycles. The van der Waals surface area contributed by atoms with Gasteiger partial charge in [-0.05, 0) is 51.0 Å². The first-order valence-electron chi connectivity index (χ1n) is 6.22. The Morgan fingerprint density at radius 3 is 1.14 bits per heavy atom. The van der Waals surface area contributed by atoms with Crippen molar-refractivity contribution in [2.24, 2.45) is 0 Å². The Morgan fingerprint density at radius 1 is 0.619 bits per heavy atom. The van der Waals surface area contributed by atoms with Gasteiger partial charge in [0.15, 0.2) is 0 Å². The second-order valence-corrected chi connectivity index (χ2v) is 4.75. The van der Waals surface area contributed by atoms with Crippen LogP contribution in [0.15, 0.2) is 24.3 Å². The molecule has 0 aliphatic rings. The molecule has 2 aromatic carbocycles. The molecule has 0 fully saturated rings. The normalized spacial score (nSPS) is 9.33. The number of hydrogen-bond acceptors (Lipinski definition) is 4. The minimum atomic E-state index is 0. The average molecular weight is 303 g/mol. The molecule has 112 valence electrons. The molecule has 0 aliphatic heterocycles. The standard InChI is InChI=1S/2C8H10O2.Mg.2H/c2*1-5-3-4-7(9)6(2)8(5)10;;;/h2*3-4,9-10H,1-2H3;;;/q;;+2;2*-1. The van der Waals surface area contributed by atoms with Crippen LogP contribution >= 0.6 is 0 Å². The van der Waals surface area contributed by atoms with E-state index in [-0.39, 0.29) is 48.9 Å². The monoisotopic (exact) mass is 302 g/mol. The summed E-state index contributed by atoms with van der Waals surface area (Å²) < 4.78 is 0. The van der Waals surface area contributed by atoms with Crippen LogP contribution in [0, 0.1) is 27.7 Å². The molecule has 4 nitrogen and oxygen atoms in total. The molecule has 0 spiro atoms. The second kappa shape index (κ2) is 8.00. The fourth-order valence-corrected chi connectivity index (χ4v) is 1.65. The van der Waals surface area contributed by atoms with Gasteiger partial charge in [-0.25, -0.2) is 0 Å². The molecule has 5 heteroatoms. The second-order valence-electron chi connectivity index (χ2n) is 4.75. The first-order valence-corrected chi connectivity index (χ1v) is 6.22. The van der Waals surface area contributed by atoms with Gasteiger partial charge < -0.3 is 23.3 Å². The number of hydrogen-bond donors (Lipinski definition) is 4. The van der Waals surface area contributed by atoms with Gasteiger partial charge in [-0.15, -0.1) is 0 Å². The summed E-state index contributed by atoms with van der Waals surface area (Å²) in [5.41, 5.74) is 2.66. The van der Waals surface area contributed by atoms with Gasteiger partial charge in [0.1, 0.15) is 23.0 Å². The van der Waals surface area contributed by atoms with Gasteiger partial charge in [0.05, 0.1) is 0 Å². The Labute approximate surface area is 143 Å². The molecule has 4 N–H and O–H groups in total. The quantitative estimate of drug-likeness (QED) is 0.563. The fraction of sp³-hybridized carbons (Fsp3) is 0.250. The van der Waals surface area contributed by atoms with Crippen molar-refractivity contribution in [2.75, 3.05) is 0 Å². The van der Waals surface area contributed by atoms with Crippen LogP contribution in [0.5, 0.6) is 23.0 Å². The molecule has 0 atom stereocenters. The Bertz CT molecular complexity index is 524. The van der Waals surface area contributed by atoms with E-state index in [1.165, 1.54) is 0 Å². The molecule has 0 aromatic heterocycles. The predicted octanol–water partition coefficient (Wildman–Crippen LogP) is 3.27. The first-order chi connectivity index (χ1) is 9.25. The Morgan fingerprint density at radius 2 is 0.905 bits per heavy atom. The van der Waals surface area contributed by atoms with Crippen LogP contribution in [0.3, 0.4) is 0 Å². The van der Waals surface area contributed by atoms with Crippen molar-refractivity contribution < 1.29 is 23.3 Å². The predicted molar refractivity (Wildman–Crippen MR) is 86.5 cm³/mol. The third-order valence-corrected chi connectivity index (χ3v) is 3.21.